The Kier molecular flexibility index (Phi) is 3.43. The average Bonchev–Trinajstić information content (AvgIpc) is 3.12. The number of thiazole rings is 1. The van der Waals surface area contributed by atoms with Crippen molar-refractivity contribution in [2.24, 2.45) is 5.92 Å². The van der Waals surface area contributed by atoms with E-state index in [1.165, 1.54) is 17.4 Å². The second kappa shape index (κ2) is 5.44. The summed E-state index contributed by atoms with van der Waals surface area (Å²) in [6, 6.07) is 7.14. The minimum Gasteiger partial charge on any atom is -0.335 e. The van der Waals surface area contributed by atoms with Gasteiger partial charge in [-0.1, -0.05) is 12.1 Å². The highest BCUT2D eigenvalue weighted by atomic mass is 32.1. The Morgan fingerprint density at radius 2 is 2.27 bits per heavy atom. The minimum absolute atomic E-state index is 0.0290. The predicted octanol–water partition coefficient (Wildman–Crippen LogP) is 2.24. The third-order valence-electron chi connectivity index (χ3n) is 4.56. The second-order valence-corrected chi connectivity index (χ2v) is 6.69. The molecule has 0 spiro atoms. The van der Waals surface area contributed by atoms with Gasteiger partial charge < -0.3 is 4.90 Å². The van der Waals surface area contributed by atoms with Crippen LogP contribution in [0.3, 0.4) is 0 Å². The number of hydrogen-bond acceptors (Lipinski definition) is 4. The van der Waals surface area contributed by atoms with E-state index in [-0.39, 0.29) is 11.7 Å². The summed E-state index contributed by atoms with van der Waals surface area (Å²) in [5.41, 5.74) is 3.22. The first-order chi connectivity index (χ1) is 10.7. The summed E-state index contributed by atoms with van der Waals surface area (Å²) >= 11 is 1.44. The molecule has 0 aliphatic carbocycles. The largest absolute Gasteiger partial charge is 0.335 e. The van der Waals surface area contributed by atoms with Crippen molar-refractivity contribution in [3.05, 3.63) is 52.2 Å². The molecule has 114 valence electrons. The molecule has 4 rings (SSSR count). The van der Waals surface area contributed by atoms with Crippen molar-refractivity contribution < 1.29 is 9.18 Å². The Morgan fingerprint density at radius 3 is 3.05 bits per heavy atom. The van der Waals surface area contributed by atoms with Crippen molar-refractivity contribution in [1.82, 2.24) is 14.8 Å². The molecule has 2 aromatic rings. The topological polar surface area (TPSA) is 36.4 Å². The lowest BCUT2D eigenvalue weighted by Crippen LogP contribution is -2.54. The standard InChI is InChI=1S/C16H16FN3OS/c17-13-3-1-2-11(4-13)5-19-6-12-7-20(8-15(12)19)16(21)14-9-22-10-18-14/h1-4,9-10,12,15H,5-8H2/t12-,15-/m1/s1. The highest BCUT2D eigenvalue weighted by Crippen LogP contribution is 2.34. The quantitative estimate of drug-likeness (QED) is 0.871. The number of rotatable bonds is 3. The zero-order valence-electron chi connectivity index (χ0n) is 12.0. The fraction of sp³-hybridized carbons (Fsp3) is 0.375. The van der Waals surface area contributed by atoms with E-state index in [2.05, 4.69) is 9.88 Å². The molecule has 2 aliphatic rings. The van der Waals surface area contributed by atoms with Crippen molar-refractivity contribution in [2.45, 2.75) is 12.6 Å². The van der Waals surface area contributed by atoms with E-state index < -0.39 is 0 Å². The van der Waals surface area contributed by atoms with Crippen LogP contribution >= 0.6 is 11.3 Å². The van der Waals surface area contributed by atoms with Crippen LogP contribution in [0.5, 0.6) is 0 Å². The second-order valence-electron chi connectivity index (χ2n) is 5.97. The summed E-state index contributed by atoms with van der Waals surface area (Å²) in [6.07, 6.45) is 0. The predicted molar refractivity (Wildman–Crippen MR) is 82.1 cm³/mol. The van der Waals surface area contributed by atoms with Gasteiger partial charge in [-0.05, 0) is 17.7 Å². The molecule has 6 heteroatoms. The van der Waals surface area contributed by atoms with Crippen LogP contribution < -0.4 is 0 Å². The molecule has 0 bridgehead atoms. The van der Waals surface area contributed by atoms with Crippen LogP contribution in [-0.4, -0.2) is 46.4 Å². The van der Waals surface area contributed by atoms with Gasteiger partial charge in [0, 0.05) is 43.5 Å². The Balaban J connectivity index is 1.40. The third kappa shape index (κ3) is 2.42. The molecule has 3 heterocycles. The molecule has 0 N–H and O–H groups in total. The molecule has 0 unspecified atom stereocenters. The van der Waals surface area contributed by atoms with Gasteiger partial charge in [0.2, 0.25) is 0 Å². The Hall–Kier alpha value is -1.79. The van der Waals surface area contributed by atoms with Gasteiger partial charge in [0.25, 0.3) is 5.91 Å². The monoisotopic (exact) mass is 317 g/mol. The van der Waals surface area contributed by atoms with E-state index in [1.807, 2.05) is 11.0 Å². The summed E-state index contributed by atoms with van der Waals surface area (Å²) in [5, 5.41) is 1.80. The van der Waals surface area contributed by atoms with Gasteiger partial charge >= 0.3 is 0 Å². The van der Waals surface area contributed by atoms with Gasteiger partial charge in [-0.2, -0.15) is 0 Å². The number of carbonyl (C=O) groups is 1. The molecule has 0 radical (unpaired) electrons. The number of likely N-dealkylation sites (tertiary alicyclic amines) is 2. The van der Waals surface area contributed by atoms with Crippen molar-refractivity contribution >= 4 is 17.2 Å². The molecule has 0 saturated carbocycles. The smallest absolute Gasteiger partial charge is 0.273 e. The minimum atomic E-state index is -0.193. The lowest BCUT2D eigenvalue weighted by molar-refractivity contribution is 0.0432. The first-order valence-electron chi connectivity index (χ1n) is 7.36. The van der Waals surface area contributed by atoms with Crippen molar-refractivity contribution in [1.29, 1.82) is 0 Å². The number of carbonyl (C=O) groups excluding carboxylic acids is 1. The SMILES string of the molecule is O=C(c1cscn1)N1C[C@H]2CN(Cc3cccc(F)c3)[C@@H]2C1. The molecular formula is C16H16FN3OS. The number of benzene rings is 1. The van der Waals surface area contributed by atoms with Gasteiger partial charge in [0.05, 0.1) is 5.51 Å². The van der Waals surface area contributed by atoms with E-state index in [0.29, 0.717) is 17.7 Å². The van der Waals surface area contributed by atoms with Gasteiger partial charge in [-0.3, -0.25) is 9.69 Å². The first-order valence-corrected chi connectivity index (χ1v) is 8.31. The first kappa shape index (κ1) is 13.8. The number of amides is 1. The molecule has 2 atom stereocenters. The number of halogens is 1. The van der Waals surface area contributed by atoms with E-state index in [9.17, 15) is 9.18 Å². The van der Waals surface area contributed by atoms with Crippen LogP contribution in [0.2, 0.25) is 0 Å². The average molecular weight is 317 g/mol. The maximum atomic E-state index is 13.3. The third-order valence-corrected chi connectivity index (χ3v) is 5.14. The normalized spacial score (nSPS) is 24.1. The van der Waals surface area contributed by atoms with Gasteiger partial charge in [-0.25, -0.2) is 9.37 Å². The van der Waals surface area contributed by atoms with E-state index in [1.54, 1.807) is 23.0 Å². The molecule has 1 aromatic carbocycles. The van der Waals surface area contributed by atoms with Crippen molar-refractivity contribution in [3.63, 3.8) is 0 Å². The maximum absolute atomic E-state index is 13.3. The summed E-state index contributed by atoms with van der Waals surface area (Å²) in [4.78, 5) is 20.7. The van der Waals surface area contributed by atoms with Crippen LogP contribution in [0, 0.1) is 11.7 Å². The summed E-state index contributed by atoms with van der Waals surface area (Å²) in [6.45, 7) is 3.27. The van der Waals surface area contributed by atoms with Crippen molar-refractivity contribution in [3.8, 4) is 0 Å². The van der Waals surface area contributed by atoms with Crippen LogP contribution in [0.25, 0.3) is 0 Å². The fourth-order valence-corrected chi connectivity index (χ4v) is 3.97. The van der Waals surface area contributed by atoms with Crippen LogP contribution in [0.1, 0.15) is 16.1 Å². The molecule has 2 fully saturated rings. The van der Waals surface area contributed by atoms with Gasteiger partial charge in [-0.15, -0.1) is 11.3 Å². The lowest BCUT2D eigenvalue weighted by Gasteiger charge is -2.43. The number of hydrogen-bond donors (Lipinski definition) is 0. The van der Waals surface area contributed by atoms with Crippen LogP contribution in [0.4, 0.5) is 4.39 Å². The van der Waals surface area contributed by atoms with Crippen molar-refractivity contribution in [2.75, 3.05) is 19.6 Å². The molecular weight excluding hydrogens is 301 g/mol. The van der Waals surface area contributed by atoms with Crippen LogP contribution in [-0.2, 0) is 6.54 Å². The molecule has 1 amide bonds. The Morgan fingerprint density at radius 1 is 1.36 bits per heavy atom. The van der Waals surface area contributed by atoms with Gasteiger partial charge in [0.1, 0.15) is 11.5 Å². The Bertz CT molecular complexity index is 690. The van der Waals surface area contributed by atoms with E-state index >= 15 is 0 Å². The number of nitrogens with zero attached hydrogens (tertiary/aromatic N) is 3. The lowest BCUT2D eigenvalue weighted by atomic mass is 9.91. The summed E-state index contributed by atoms with van der Waals surface area (Å²) in [7, 11) is 0. The fourth-order valence-electron chi connectivity index (χ4n) is 3.44. The highest BCUT2D eigenvalue weighted by Gasteiger charge is 2.46. The molecule has 22 heavy (non-hydrogen) atoms. The van der Waals surface area contributed by atoms with Crippen LogP contribution in [0.15, 0.2) is 35.2 Å². The molecule has 4 nitrogen and oxygen atoms in total. The van der Waals surface area contributed by atoms with E-state index in [0.717, 1.165) is 31.7 Å². The molecule has 2 aliphatic heterocycles. The zero-order valence-corrected chi connectivity index (χ0v) is 12.8. The summed E-state index contributed by atoms with van der Waals surface area (Å²) in [5.74, 6) is 0.374. The van der Waals surface area contributed by atoms with Gasteiger partial charge in [0.15, 0.2) is 0 Å². The summed E-state index contributed by atoms with van der Waals surface area (Å²) < 4.78 is 13.3. The molecule has 2 saturated heterocycles. The highest BCUT2D eigenvalue weighted by molar-refractivity contribution is 7.07. The number of fused-ring (bicyclic) bond motifs is 1. The Labute approximate surface area is 132 Å². The van der Waals surface area contributed by atoms with E-state index in [4.69, 9.17) is 0 Å². The molecule has 1 aromatic heterocycles. The maximum Gasteiger partial charge on any atom is 0.273 e. The zero-order chi connectivity index (χ0) is 15.1. The number of aromatic nitrogens is 1.